The Labute approximate surface area is 143 Å². The van der Waals surface area contributed by atoms with Crippen molar-refractivity contribution in [1.82, 2.24) is 5.32 Å². The molecule has 5 heteroatoms. The standard InChI is InChI=1S/C18H17BrN2O2/c19-15-4-1-3-13(11-15)12-20-18(23)14-6-8-16(9-7-14)21-10-2-5-17(21)22/h1,3-4,6-9,11H,2,5,10,12H2,(H,20,23). The highest BCUT2D eigenvalue weighted by Crippen LogP contribution is 2.21. The van der Waals surface area contributed by atoms with E-state index in [4.69, 9.17) is 0 Å². The van der Waals surface area contributed by atoms with E-state index in [1.807, 2.05) is 36.4 Å². The van der Waals surface area contributed by atoms with Crippen molar-refractivity contribution in [3.63, 3.8) is 0 Å². The number of carbonyl (C=O) groups is 2. The summed E-state index contributed by atoms with van der Waals surface area (Å²) in [6.45, 7) is 1.23. The summed E-state index contributed by atoms with van der Waals surface area (Å²) >= 11 is 3.41. The van der Waals surface area contributed by atoms with Crippen molar-refractivity contribution in [2.24, 2.45) is 0 Å². The second-order valence-corrected chi connectivity index (χ2v) is 6.42. The van der Waals surface area contributed by atoms with Crippen molar-refractivity contribution >= 4 is 33.4 Å². The van der Waals surface area contributed by atoms with E-state index < -0.39 is 0 Å². The van der Waals surface area contributed by atoms with Gasteiger partial charge in [0.15, 0.2) is 0 Å². The number of rotatable bonds is 4. The Morgan fingerprint density at radius 1 is 1.17 bits per heavy atom. The average molecular weight is 373 g/mol. The summed E-state index contributed by atoms with van der Waals surface area (Å²) in [4.78, 5) is 25.7. The van der Waals surface area contributed by atoms with E-state index in [0.717, 1.165) is 28.7 Å². The first-order valence-electron chi connectivity index (χ1n) is 7.56. The molecule has 0 bridgehead atoms. The van der Waals surface area contributed by atoms with Gasteiger partial charge in [-0.15, -0.1) is 0 Å². The normalized spacial score (nSPS) is 14.1. The average Bonchev–Trinajstić information content (AvgIpc) is 2.99. The highest BCUT2D eigenvalue weighted by Gasteiger charge is 2.21. The number of nitrogens with one attached hydrogen (secondary N) is 1. The van der Waals surface area contributed by atoms with Crippen LogP contribution < -0.4 is 10.2 Å². The molecule has 0 unspecified atom stereocenters. The summed E-state index contributed by atoms with van der Waals surface area (Å²) in [5.74, 6) is 0.0288. The number of anilines is 1. The zero-order chi connectivity index (χ0) is 16.2. The van der Waals surface area contributed by atoms with Gasteiger partial charge in [-0.25, -0.2) is 0 Å². The van der Waals surface area contributed by atoms with Crippen LogP contribution in [0.5, 0.6) is 0 Å². The molecule has 1 fully saturated rings. The van der Waals surface area contributed by atoms with E-state index in [9.17, 15) is 9.59 Å². The van der Waals surface area contributed by atoms with Crippen LogP contribution in [0.1, 0.15) is 28.8 Å². The maximum Gasteiger partial charge on any atom is 0.251 e. The molecule has 2 aromatic carbocycles. The summed E-state index contributed by atoms with van der Waals surface area (Å²) < 4.78 is 0.990. The third-order valence-corrected chi connectivity index (χ3v) is 4.35. The molecule has 1 heterocycles. The third-order valence-electron chi connectivity index (χ3n) is 3.86. The molecule has 1 aliphatic heterocycles. The number of amides is 2. The molecule has 0 radical (unpaired) electrons. The molecule has 0 aliphatic carbocycles. The van der Waals surface area contributed by atoms with Crippen molar-refractivity contribution < 1.29 is 9.59 Å². The molecule has 0 saturated carbocycles. The maximum atomic E-state index is 12.2. The van der Waals surface area contributed by atoms with Crippen molar-refractivity contribution in [3.05, 3.63) is 64.1 Å². The second-order valence-electron chi connectivity index (χ2n) is 5.51. The predicted octanol–water partition coefficient (Wildman–Crippen LogP) is 3.51. The summed E-state index contributed by atoms with van der Waals surface area (Å²) in [5, 5.41) is 2.90. The van der Waals surface area contributed by atoms with Gasteiger partial charge in [0.1, 0.15) is 0 Å². The van der Waals surface area contributed by atoms with E-state index in [1.165, 1.54) is 0 Å². The number of nitrogens with zero attached hydrogens (tertiary/aromatic N) is 1. The fourth-order valence-electron chi connectivity index (χ4n) is 2.65. The van der Waals surface area contributed by atoms with Gasteiger partial charge < -0.3 is 10.2 Å². The number of carbonyl (C=O) groups excluding carboxylic acids is 2. The molecule has 0 atom stereocenters. The van der Waals surface area contributed by atoms with Crippen LogP contribution in [0.4, 0.5) is 5.69 Å². The van der Waals surface area contributed by atoms with Gasteiger partial charge in [-0.05, 0) is 48.4 Å². The second kappa shape index (κ2) is 6.96. The summed E-state index contributed by atoms with van der Waals surface area (Å²) in [5.41, 5.74) is 2.48. The molecule has 0 aromatic heterocycles. The van der Waals surface area contributed by atoms with Gasteiger partial charge in [-0.3, -0.25) is 9.59 Å². The van der Waals surface area contributed by atoms with Gasteiger partial charge in [0.25, 0.3) is 5.91 Å². The molecular formula is C18H17BrN2O2. The minimum atomic E-state index is -0.121. The Balaban J connectivity index is 1.62. The van der Waals surface area contributed by atoms with Crippen LogP contribution in [0.2, 0.25) is 0 Å². The Bertz CT molecular complexity index is 728. The van der Waals surface area contributed by atoms with Gasteiger partial charge in [0.2, 0.25) is 5.91 Å². The lowest BCUT2D eigenvalue weighted by Crippen LogP contribution is -2.24. The third kappa shape index (κ3) is 3.79. The SMILES string of the molecule is O=C(NCc1cccc(Br)c1)c1ccc(N2CCCC2=O)cc1. The van der Waals surface area contributed by atoms with Gasteiger partial charge in [-0.1, -0.05) is 28.1 Å². The first kappa shape index (κ1) is 15.7. The molecule has 0 spiro atoms. The first-order chi connectivity index (χ1) is 11.1. The smallest absolute Gasteiger partial charge is 0.251 e. The quantitative estimate of drug-likeness (QED) is 0.892. The zero-order valence-corrected chi connectivity index (χ0v) is 14.2. The number of hydrogen-bond donors (Lipinski definition) is 1. The van der Waals surface area contributed by atoms with Crippen LogP contribution in [-0.4, -0.2) is 18.4 Å². The lowest BCUT2D eigenvalue weighted by atomic mass is 10.1. The Morgan fingerprint density at radius 3 is 2.61 bits per heavy atom. The predicted molar refractivity (Wildman–Crippen MR) is 93.3 cm³/mol. The molecule has 4 nitrogen and oxygen atoms in total. The topological polar surface area (TPSA) is 49.4 Å². The van der Waals surface area contributed by atoms with Crippen LogP contribution in [0.15, 0.2) is 53.0 Å². The van der Waals surface area contributed by atoms with Gasteiger partial charge in [0, 0.05) is 35.2 Å². The van der Waals surface area contributed by atoms with Crippen LogP contribution in [0, 0.1) is 0 Å². The molecule has 1 N–H and O–H groups in total. The maximum absolute atomic E-state index is 12.2. The van der Waals surface area contributed by atoms with Crippen molar-refractivity contribution in [2.75, 3.05) is 11.4 Å². The van der Waals surface area contributed by atoms with Crippen molar-refractivity contribution in [1.29, 1.82) is 0 Å². The number of hydrogen-bond acceptors (Lipinski definition) is 2. The summed E-state index contributed by atoms with van der Waals surface area (Å²) in [6, 6.07) is 15.0. The highest BCUT2D eigenvalue weighted by atomic mass is 79.9. The van der Waals surface area contributed by atoms with E-state index in [2.05, 4.69) is 21.2 Å². The molecule has 23 heavy (non-hydrogen) atoms. The Kier molecular flexibility index (Phi) is 4.76. The van der Waals surface area contributed by atoms with Crippen molar-refractivity contribution in [3.8, 4) is 0 Å². The highest BCUT2D eigenvalue weighted by molar-refractivity contribution is 9.10. The molecule has 118 valence electrons. The lowest BCUT2D eigenvalue weighted by Gasteiger charge is -2.15. The van der Waals surface area contributed by atoms with Gasteiger partial charge >= 0.3 is 0 Å². The molecule has 3 rings (SSSR count). The van der Waals surface area contributed by atoms with E-state index in [-0.39, 0.29) is 11.8 Å². The van der Waals surface area contributed by atoms with Crippen LogP contribution in [0.3, 0.4) is 0 Å². The molecule has 2 amide bonds. The van der Waals surface area contributed by atoms with E-state index in [1.54, 1.807) is 17.0 Å². The molecule has 1 aliphatic rings. The fourth-order valence-corrected chi connectivity index (χ4v) is 3.09. The largest absolute Gasteiger partial charge is 0.348 e. The van der Waals surface area contributed by atoms with Crippen LogP contribution >= 0.6 is 15.9 Å². The van der Waals surface area contributed by atoms with E-state index >= 15 is 0 Å². The minimum Gasteiger partial charge on any atom is -0.348 e. The zero-order valence-electron chi connectivity index (χ0n) is 12.6. The molecule has 1 saturated heterocycles. The fraction of sp³-hybridized carbons (Fsp3) is 0.222. The first-order valence-corrected chi connectivity index (χ1v) is 8.36. The van der Waals surface area contributed by atoms with Crippen molar-refractivity contribution in [2.45, 2.75) is 19.4 Å². The number of halogens is 1. The Hall–Kier alpha value is -2.14. The van der Waals surface area contributed by atoms with Crippen LogP contribution in [0.25, 0.3) is 0 Å². The molecular weight excluding hydrogens is 356 g/mol. The minimum absolute atomic E-state index is 0.121. The van der Waals surface area contributed by atoms with Crippen LogP contribution in [-0.2, 0) is 11.3 Å². The van der Waals surface area contributed by atoms with E-state index in [0.29, 0.717) is 18.5 Å². The Morgan fingerprint density at radius 2 is 1.96 bits per heavy atom. The lowest BCUT2D eigenvalue weighted by molar-refractivity contribution is -0.117. The molecule has 2 aromatic rings. The van der Waals surface area contributed by atoms with Gasteiger partial charge in [0.05, 0.1) is 0 Å². The van der Waals surface area contributed by atoms with Gasteiger partial charge in [-0.2, -0.15) is 0 Å². The monoisotopic (exact) mass is 372 g/mol. The number of benzene rings is 2. The summed E-state index contributed by atoms with van der Waals surface area (Å²) in [7, 11) is 0. The summed E-state index contributed by atoms with van der Waals surface area (Å²) in [6.07, 6.45) is 1.50.